The number of anilines is 1. The standard InChI is InChI=1S/C17H18ClN/c1-2-12-4-3-5-14-10-15(11-19-17(12)14)13-6-8-16(18)9-7-13/h3-9,15,19H,2,10-11H2,1H3. The summed E-state index contributed by atoms with van der Waals surface area (Å²) in [6, 6.07) is 14.9. The molecule has 2 heteroatoms. The van der Waals surface area contributed by atoms with Crippen LogP contribution in [-0.4, -0.2) is 6.54 Å². The molecule has 1 unspecified atom stereocenters. The summed E-state index contributed by atoms with van der Waals surface area (Å²) in [6.07, 6.45) is 2.19. The first-order valence-corrected chi connectivity index (χ1v) is 7.26. The van der Waals surface area contributed by atoms with Gasteiger partial charge < -0.3 is 5.32 Å². The SMILES string of the molecule is CCc1cccc2c1NCC(c1ccc(Cl)cc1)C2. The van der Waals surface area contributed by atoms with Gasteiger partial charge in [0.15, 0.2) is 0 Å². The van der Waals surface area contributed by atoms with E-state index in [2.05, 4.69) is 42.6 Å². The van der Waals surface area contributed by atoms with Crippen LogP contribution in [0.4, 0.5) is 5.69 Å². The van der Waals surface area contributed by atoms with Gasteiger partial charge in [0.2, 0.25) is 0 Å². The normalized spacial score (nSPS) is 17.7. The van der Waals surface area contributed by atoms with Gasteiger partial charge in [0.1, 0.15) is 0 Å². The molecule has 0 saturated heterocycles. The summed E-state index contributed by atoms with van der Waals surface area (Å²) in [5.74, 6) is 0.539. The van der Waals surface area contributed by atoms with Gasteiger partial charge in [-0.05, 0) is 41.7 Å². The van der Waals surface area contributed by atoms with Crippen LogP contribution in [0.5, 0.6) is 0 Å². The van der Waals surface area contributed by atoms with Crippen molar-refractivity contribution in [2.75, 3.05) is 11.9 Å². The Morgan fingerprint density at radius 3 is 2.68 bits per heavy atom. The number of aryl methyl sites for hydroxylation is 1. The number of benzene rings is 2. The Morgan fingerprint density at radius 2 is 1.95 bits per heavy atom. The Kier molecular flexibility index (Phi) is 3.48. The quantitative estimate of drug-likeness (QED) is 0.838. The molecule has 0 radical (unpaired) electrons. The Bertz CT molecular complexity index is 574. The molecule has 2 aromatic carbocycles. The van der Waals surface area contributed by atoms with Crippen molar-refractivity contribution in [2.45, 2.75) is 25.7 Å². The second-order valence-corrected chi connectivity index (χ2v) is 5.57. The van der Waals surface area contributed by atoms with E-state index in [4.69, 9.17) is 11.6 Å². The van der Waals surface area contributed by atoms with Crippen molar-refractivity contribution in [3.05, 3.63) is 64.2 Å². The van der Waals surface area contributed by atoms with Crippen LogP contribution in [0, 0.1) is 0 Å². The van der Waals surface area contributed by atoms with Crippen LogP contribution in [0.1, 0.15) is 29.5 Å². The minimum atomic E-state index is 0.539. The lowest BCUT2D eigenvalue weighted by Crippen LogP contribution is -2.22. The average molecular weight is 272 g/mol. The highest BCUT2D eigenvalue weighted by atomic mass is 35.5. The minimum Gasteiger partial charge on any atom is -0.384 e. The van der Waals surface area contributed by atoms with Gasteiger partial charge in [-0.25, -0.2) is 0 Å². The van der Waals surface area contributed by atoms with E-state index in [9.17, 15) is 0 Å². The molecule has 1 aliphatic rings. The predicted molar refractivity (Wildman–Crippen MR) is 82.2 cm³/mol. The molecule has 98 valence electrons. The number of para-hydroxylation sites is 1. The van der Waals surface area contributed by atoms with Gasteiger partial charge in [0.25, 0.3) is 0 Å². The Balaban J connectivity index is 1.88. The zero-order valence-electron chi connectivity index (χ0n) is 11.1. The van der Waals surface area contributed by atoms with Gasteiger partial charge in [-0.3, -0.25) is 0 Å². The molecule has 1 N–H and O–H groups in total. The van der Waals surface area contributed by atoms with Crippen molar-refractivity contribution >= 4 is 17.3 Å². The van der Waals surface area contributed by atoms with E-state index < -0.39 is 0 Å². The summed E-state index contributed by atoms with van der Waals surface area (Å²) in [4.78, 5) is 0. The van der Waals surface area contributed by atoms with Crippen molar-refractivity contribution in [2.24, 2.45) is 0 Å². The van der Waals surface area contributed by atoms with Crippen molar-refractivity contribution in [1.29, 1.82) is 0 Å². The molecule has 0 aliphatic carbocycles. The second-order valence-electron chi connectivity index (χ2n) is 5.14. The fourth-order valence-electron chi connectivity index (χ4n) is 2.88. The first-order valence-electron chi connectivity index (χ1n) is 6.88. The Labute approximate surface area is 119 Å². The molecule has 1 atom stereocenters. The third-order valence-electron chi connectivity index (χ3n) is 3.95. The minimum absolute atomic E-state index is 0.539. The molecule has 0 spiro atoms. The molecule has 2 aromatic rings. The van der Waals surface area contributed by atoms with E-state index in [1.165, 1.54) is 22.4 Å². The first kappa shape index (κ1) is 12.6. The van der Waals surface area contributed by atoms with Crippen molar-refractivity contribution in [3.63, 3.8) is 0 Å². The maximum Gasteiger partial charge on any atom is 0.0406 e. The summed E-state index contributed by atoms with van der Waals surface area (Å²) < 4.78 is 0. The fraction of sp³-hybridized carbons (Fsp3) is 0.294. The summed E-state index contributed by atoms with van der Waals surface area (Å²) in [5, 5.41) is 4.42. The number of fused-ring (bicyclic) bond motifs is 1. The van der Waals surface area contributed by atoms with Crippen molar-refractivity contribution < 1.29 is 0 Å². The van der Waals surface area contributed by atoms with Crippen LogP contribution in [0.3, 0.4) is 0 Å². The highest BCUT2D eigenvalue weighted by molar-refractivity contribution is 6.30. The first-order chi connectivity index (χ1) is 9.28. The highest BCUT2D eigenvalue weighted by Gasteiger charge is 2.20. The molecule has 0 aromatic heterocycles. The fourth-order valence-corrected chi connectivity index (χ4v) is 3.00. The zero-order chi connectivity index (χ0) is 13.2. The summed E-state index contributed by atoms with van der Waals surface area (Å²) in [6.45, 7) is 3.22. The van der Waals surface area contributed by atoms with E-state index in [0.29, 0.717) is 5.92 Å². The van der Waals surface area contributed by atoms with E-state index in [0.717, 1.165) is 24.4 Å². The van der Waals surface area contributed by atoms with Crippen LogP contribution in [0.15, 0.2) is 42.5 Å². The van der Waals surface area contributed by atoms with Gasteiger partial charge in [-0.15, -0.1) is 0 Å². The van der Waals surface area contributed by atoms with Gasteiger partial charge in [-0.1, -0.05) is 48.9 Å². The predicted octanol–water partition coefficient (Wildman–Crippen LogP) is 4.65. The van der Waals surface area contributed by atoms with Crippen LogP contribution in [0.25, 0.3) is 0 Å². The largest absolute Gasteiger partial charge is 0.384 e. The third-order valence-corrected chi connectivity index (χ3v) is 4.20. The van der Waals surface area contributed by atoms with E-state index in [1.54, 1.807) is 0 Å². The van der Waals surface area contributed by atoms with Gasteiger partial charge >= 0.3 is 0 Å². The summed E-state index contributed by atoms with van der Waals surface area (Å²) in [5.41, 5.74) is 5.58. The van der Waals surface area contributed by atoms with Gasteiger partial charge in [0.05, 0.1) is 0 Å². The maximum atomic E-state index is 5.96. The lowest BCUT2D eigenvalue weighted by Gasteiger charge is -2.28. The van der Waals surface area contributed by atoms with Crippen LogP contribution in [0.2, 0.25) is 5.02 Å². The van der Waals surface area contributed by atoms with E-state index >= 15 is 0 Å². The Morgan fingerprint density at radius 1 is 1.16 bits per heavy atom. The monoisotopic (exact) mass is 271 g/mol. The zero-order valence-corrected chi connectivity index (χ0v) is 11.9. The number of hydrogen-bond donors (Lipinski definition) is 1. The molecule has 3 rings (SSSR count). The molecule has 1 nitrogen and oxygen atoms in total. The van der Waals surface area contributed by atoms with Crippen molar-refractivity contribution in [1.82, 2.24) is 0 Å². The molecule has 1 heterocycles. The number of halogens is 1. The maximum absolute atomic E-state index is 5.96. The molecule has 19 heavy (non-hydrogen) atoms. The number of nitrogens with one attached hydrogen (secondary N) is 1. The van der Waals surface area contributed by atoms with Crippen molar-refractivity contribution in [3.8, 4) is 0 Å². The molecule has 0 saturated carbocycles. The Hall–Kier alpha value is -1.47. The molecule has 1 aliphatic heterocycles. The molecule has 0 bridgehead atoms. The number of hydrogen-bond acceptors (Lipinski definition) is 1. The summed E-state index contributed by atoms with van der Waals surface area (Å²) in [7, 11) is 0. The topological polar surface area (TPSA) is 12.0 Å². The second kappa shape index (κ2) is 5.26. The molecular formula is C17H18ClN. The van der Waals surface area contributed by atoms with Crippen LogP contribution >= 0.6 is 11.6 Å². The highest BCUT2D eigenvalue weighted by Crippen LogP contribution is 2.33. The molecule has 0 amide bonds. The van der Waals surface area contributed by atoms with Crippen LogP contribution in [-0.2, 0) is 12.8 Å². The average Bonchev–Trinajstić information content (AvgIpc) is 2.47. The molecule has 0 fully saturated rings. The molecular weight excluding hydrogens is 254 g/mol. The third kappa shape index (κ3) is 2.48. The van der Waals surface area contributed by atoms with Gasteiger partial charge in [-0.2, -0.15) is 0 Å². The van der Waals surface area contributed by atoms with E-state index in [-0.39, 0.29) is 0 Å². The van der Waals surface area contributed by atoms with Crippen LogP contribution < -0.4 is 5.32 Å². The number of rotatable bonds is 2. The lowest BCUT2D eigenvalue weighted by atomic mass is 9.87. The van der Waals surface area contributed by atoms with Gasteiger partial charge in [0, 0.05) is 23.2 Å². The lowest BCUT2D eigenvalue weighted by molar-refractivity contribution is 0.693. The smallest absolute Gasteiger partial charge is 0.0406 e. The van der Waals surface area contributed by atoms with E-state index in [1.807, 2.05) is 12.1 Å². The summed E-state index contributed by atoms with van der Waals surface area (Å²) >= 11 is 5.96.